The molecule has 3 atom stereocenters. The van der Waals surface area contributed by atoms with Crippen molar-refractivity contribution in [1.82, 2.24) is 0 Å². The van der Waals surface area contributed by atoms with Gasteiger partial charge in [-0.15, -0.1) is 0 Å². The quantitative estimate of drug-likeness (QED) is 0.756. The predicted octanol–water partition coefficient (Wildman–Crippen LogP) is 1.63. The van der Waals surface area contributed by atoms with Gasteiger partial charge in [-0.25, -0.2) is 0 Å². The van der Waals surface area contributed by atoms with Gasteiger partial charge in [-0.05, 0) is 19.3 Å². The van der Waals surface area contributed by atoms with E-state index >= 15 is 0 Å². The Kier molecular flexibility index (Phi) is 5.38. The van der Waals surface area contributed by atoms with E-state index in [0.717, 1.165) is 37.4 Å². The lowest BCUT2D eigenvalue weighted by Gasteiger charge is -2.30. The fraction of sp³-hybridized carbons (Fsp3) is 1.00. The third kappa shape index (κ3) is 3.89. The fourth-order valence-electron chi connectivity index (χ4n) is 1.94. The summed E-state index contributed by atoms with van der Waals surface area (Å²) in [6, 6.07) is 0. The van der Waals surface area contributed by atoms with Gasteiger partial charge in [0.05, 0.1) is 19.3 Å². The summed E-state index contributed by atoms with van der Waals surface area (Å²) < 4.78 is 22.1. The van der Waals surface area contributed by atoms with Crippen molar-refractivity contribution in [1.29, 1.82) is 0 Å². The first kappa shape index (κ1) is 12.6. The molecule has 0 N–H and O–H groups in total. The molecule has 4 nitrogen and oxygen atoms in total. The smallest absolute Gasteiger partial charge is 0.166 e. The van der Waals surface area contributed by atoms with Crippen LogP contribution in [-0.2, 0) is 18.9 Å². The molecule has 0 aromatic rings. The molecule has 0 amide bonds. The van der Waals surface area contributed by atoms with Crippen LogP contribution in [0.25, 0.3) is 0 Å². The Labute approximate surface area is 101 Å². The van der Waals surface area contributed by atoms with Crippen molar-refractivity contribution in [3.8, 4) is 0 Å². The third-order valence-corrected chi connectivity index (χ3v) is 3.79. The monoisotopic (exact) mass is 248 g/mol. The van der Waals surface area contributed by atoms with Gasteiger partial charge in [0.15, 0.2) is 12.6 Å². The van der Waals surface area contributed by atoms with Crippen molar-refractivity contribution in [2.24, 2.45) is 0 Å². The summed E-state index contributed by atoms with van der Waals surface area (Å²) in [6.45, 7) is 1.41. The normalized spacial score (nSPS) is 36.2. The lowest BCUT2D eigenvalue weighted by Crippen LogP contribution is -2.35. The second-order valence-electron chi connectivity index (χ2n) is 4.06. The average Bonchev–Trinajstić information content (AvgIpc) is 2.38. The molecule has 2 saturated heterocycles. The van der Waals surface area contributed by atoms with E-state index in [2.05, 4.69) is 0 Å². The number of thioether (sulfide) groups is 1. The summed E-state index contributed by atoms with van der Waals surface area (Å²) in [5.41, 5.74) is 0. The molecule has 2 heterocycles. The van der Waals surface area contributed by atoms with E-state index in [4.69, 9.17) is 18.9 Å². The Hall–Kier alpha value is 0.190. The maximum Gasteiger partial charge on any atom is 0.166 e. The first-order valence-electron chi connectivity index (χ1n) is 5.87. The van der Waals surface area contributed by atoms with Crippen LogP contribution in [0.15, 0.2) is 0 Å². The molecule has 0 aromatic carbocycles. The van der Waals surface area contributed by atoms with Crippen molar-refractivity contribution in [2.45, 2.75) is 37.9 Å². The van der Waals surface area contributed by atoms with Gasteiger partial charge in [-0.1, -0.05) is 0 Å². The van der Waals surface area contributed by atoms with E-state index in [0.29, 0.717) is 6.61 Å². The Bertz CT molecular complexity index is 196. The molecule has 0 aliphatic carbocycles. The number of methoxy groups -OCH3 is 1. The Morgan fingerprint density at radius 2 is 2.25 bits per heavy atom. The van der Waals surface area contributed by atoms with E-state index < -0.39 is 0 Å². The molecule has 2 rings (SSSR count). The van der Waals surface area contributed by atoms with Crippen LogP contribution in [-0.4, -0.2) is 50.5 Å². The van der Waals surface area contributed by atoms with Crippen molar-refractivity contribution in [2.75, 3.05) is 31.8 Å². The van der Waals surface area contributed by atoms with Crippen LogP contribution in [0, 0.1) is 0 Å². The Balaban J connectivity index is 1.64. The molecule has 2 fully saturated rings. The number of ether oxygens (including phenoxy) is 4. The summed E-state index contributed by atoms with van der Waals surface area (Å²) in [6.07, 6.45) is 3.25. The zero-order valence-electron chi connectivity index (χ0n) is 9.72. The largest absolute Gasteiger partial charge is 0.356 e. The highest BCUT2D eigenvalue weighted by Gasteiger charge is 2.24. The SMILES string of the molecule is COC1CCCC(COC2CSCCO2)O1. The topological polar surface area (TPSA) is 36.9 Å². The average molecular weight is 248 g/mol. The van der Waals surface area contributed by atoms with E-state index in [-0.39, 0.29) is 18.7 Å². The highest BCUT2D eigenvalue weighted by atomic mass is 32.2. The van der Waals surface area contributed by atoms with Crippen LogP contribution in [0.2, 0.25) is 0 Å². The summed E-state index contributed by atoms with van der Waals surface area (Å²) in [5, 5.41) is 0. The van der Waals surface area contributed by atoms with E-state index in [1.807, 2.05) is 11.8 Å². The number of rotatable bonds is 4. The molecule has 0 radical (unpaired) electrons. The van der Waals surface area contributed by atoms with Gasteiger partial charge >= 0.3 is 0 Å². The zero-order valence-corrected chi connectivity index (χ0v) is 10.5. The van der Waals surface area contributed by atoms with Gasteiger partial charge in [0.25, 0.3) is 0 Å². The number of hydrogen-bond acceptors (Lipinski definition) is 5. The van der Waals surface area contributed by atoms with Crippen molar-refractivity contribution >= 4 is 11.8 Å². The van der Waals surface area contributed by atoms with Gasteiger partial charge < -0.3 is 18.9 Å². The molecule has 2 aliphatic rings. The lowest BCUT2D eigenvalue weighted by molar-refractivity contribution is -0.213. The molecular formula is C11H20O4S. The fourth-order valence-corrected chi connectivity index (χ4v) is 2.70. The van der Waals surface area contributed by atoms with Crippen LogP contribution < -0.4 is 0 Å². The summed E-state index contributed by atoms with van der Waals surface area (Å²) >= 11 is 1.88. The predicted molar refractivity (Wildman–Crippen MR) is 62.5 cm³/mol. The second kappa shape index (κ2) is 6.81. The molecule has 0 aromatic heterocycles. The maximum absolute atomic E-state index is 5.72. The van der Waals surface area contributed by atoms with Crippen molar-refractivity contribution < 1.29 is 18.9 Å². The highest BCUT2D eigenvalue weighted by Crippen LogP contribution is 2.21. The van der Waals surface area contributed by atoms with Gasteiger partial charge in [-0.2, -0.15) is 11.8 Å². The molecule has 0 spiro atoms. The molecule has 3 unspecified atom stereocenters. The van der Waals surface area contributed by atoms with E-state index in [1.165, 1.54) is 0 Å². The van der Waals surface area contributed by atoms with Crippen molar-refractivity contribution in [3.63, 3.8) is 0 Å². The Morgan fingerprint density at radius 3 is 3.00 bits per heavy atom. The standard InChI is InChI=1S/C11H20O4S/c1-12-10-4-2-3-9(15-10)7-14-11-8-16-6-5-13-11/h9-11H,2-8H2,1H3. The van der Waals surface area contributed by atoms with Crippen LogP contribution >= 0.6 is 11.8 Å². The summed E-state index contributed by atoms with van der Waals surface area (Å²) in [4.78, 5) is 0. The summed E-state index contributed by atoms with van der Waals surface area (Å²) in [5.74, 6) is 2.01. The lowest BCUT2D eigenvalue weighted by atomic mass is 10.1. The maximum atomic E-state index is 5.72. The van der Waals surface area contributed by atoms with E-state index in [1.54, 1.807) is 7.11 Å². The second-order valence-corrected chi connectivity index (χ2v) is 5.21. The summed E-state index contributed by atoms with van der Waals surface area (Å²) in [7, 11) is 1.69. The minimum Gasteiger partial charge on any atom is -0.356 e. The van der Waals surface area contributed by atoms with Crippen LogP contribution in [0.4, 0.5) is 0 Å². The molecule has 0 bridgehead atoms. The molecule has 94 valence electrons. The molecule has 2 aliphatic heterocycles. The molecular weight excluding hydrogens is 228 g/mol. The van der Waals surface area contributed by atoms with Gasteiger partial charge in [0, 0.05) is 18.6 Å². The minimum absolute atomic E-state index is 0.0507. The van der Waals surface area contributed by atoms with E-state index in [9.17, 15) is 0 Å². The van der Waals surface area contributed by atoms with Gasteiger partial charge in [-0.3, -0.25) is 0 Å². The van der Waals surface area contributed by atoms with Crippen LogP contribution in [0.5, 0.6) is 0 Å². The molecule has 16 heavy (non-hydrogen) atoms. The minimum atomic E-state index is -0.0519. The molecule has 5 heteroatoms. The van der Waals surface area contributed by atoms with Crippen molar-refractivity contribution in [3.05, 3.63) is 0 Å². The van der Waals surface area contributed by atoms with Gasteiger partial charge in [0.1, 0.15) is 0 Å². The highest BCUT2D eigenvalue weighted by molar-refractivity contribution is 7.99. The number of hydrogen-bond donors (Lipinski definition) is 0. The van der Waals surface area contributed by atoms with Gasteiger partial charge in [0.2, 0.25) is 0 Å². The third-order valence-electron chi connectivity index (χ3n) is 2.83. The first-order chi connectivity index (χ1) is 7.88. The molecule has 0 saturated carbocycles. The zero-order chi connectivity index (χ0) is 11.2. The van der Waals surface area contributed by atoms with Crippen LogP contribution in [0.1, 0.15) is 19.3 Å². The Morgan fingerprint density at radius 1 is 1.31 bits per heavy atom. The first-order valence-corrected chi connectivity index (χ1v) is 7.03. The van der Waals surface area contributed by atoms with Crippen LogP contribution in [0.3, 0.4) is 0 Å².